The summed E-state index contributed by atoms with van der Waals surface area (Å²) in [6, 6.07) is 0. The molecule has 0 saturated heterocycles. The highest BCUT2D eigenvalue weighted by atomic mass is 15.3. The van der Waals surface area contributed by atoms with Crippen LogP contribution in [0.3, 0.4) is 0 Å². The molecule has 2 heteroatoms. The van der Waals surface area contributed by atoms with E-state index >= 15 is 0 Å². The van der Waals surface area contributed by atoms with Gasteiger partial charge in [-0.05, 0) is 18.9 Å². The molecule has 0 radical (unpaired) electrons. The SMILES string of the molecule is C[N+](C)(C)C/C=C/CCC[N+](C)(C)C. The van der Waals surface area contributed by atoms with E-state index in [1.807, 2.05) is 0 Å². The van der Waals surface area contributed by atoms with Crippen molar-refractivity contribution in [2.75, 3.05) is 55.4 Å². The summed E-state index contributed by atoms with van der Waals surface area (Å²) in [6.07, 6.45) is 7.13. The third-order valence-electron chi connectivity index (χ3n) is 2.02. The second-order valence-electron chi connectivity index (χ2n) is 6.10. The highest BCUT2D eigenvalue weighted by Gasteiger charge is 2.04. The molecule has 0 bridgehead atoms. The van der Waals surface area contributed by atoms with Gasteiger partial charge in [0.2, 0.25) is 0 Å². The van der Waals surface area contributed by atoms with Crippen LogP contribution in [0.2, 0.25) is 0 Å². The Morgan fingerprint density at radius 1 is 0.786 bits per heavy atom. The predicted octanol–water partition coefficient (Wildman–Crippen LogP) is 1.74. The van der Waals surface area contributed by atoms with Gasteiger partial charge in [-0.2, -0.15) is 0 Å². The number of hydrogen-bond acceptors (Lipinski definition) is 0. The normalized spacial score (nSPS) is 13.9. The van der Waals surface area contributed by atoms with Gasteiger partial charge in [-0.15, -0.1) is 0 Å². The third-order valence-corrected chi connectivity index (χ3v) is 2.02. The smallest absolute Gasteiger partial charge is 0.0967 e. The van der Waals surface area contributed by atoms with Gasteiger partial charge >= 0.3 is 0 Å². The fraction of sp³-hybridized carbons (Fsp3) is 0.833. The van der Waals surface area contributed by atoms with Gasteiger partial charge in [-0.3, -0.25) is 0 Å². The van der Waals surface area contributed by atoms with Crippen molar-refractivity contribution in [1.82, 2.24) is 0 Å². The van der Waals surface area contributed by atoms with Crippen LogP contribution in [-0.4, -0.2) is 64.3 Å². The average molecular weight is 200 g/mol. The number of unbranched alkanes of at least 4 members (excludes halogenated alkanes) is 1. The predicted molar refractivity (Wildman–Crippen MR) is 64.2 cm³/mol. The van der Waals surface area contributed by atoms with Gasteiger partial charge in [0.1, 0.15) is 0 Å². The van der Waals surface area contributed by atoms with Crippen molar-refractivity contribution in [2.24, 2.45) is 0 Å². The van der Waals surface area contributed by atoms with Crippen LogP contribution in [0.4, 0.5) is 0 Å². The maximum Gasteiger partial charge on any atom is 0.0967 e. The highest BCUT2D eigenvalue weighted by Crippen LogP contribution is 1.99. The molecule has 2 nitrogen and oxygen atoms in total. The van der Waals surface area contributed by atoms with E-state index < -0.39 is 0 Å². The Morgan fingerprint density at radius 3 is 1.79 bits per heavy atom. The van der Waals surface area contributed by atoms with Gasteiger partial charge in [-0.1, -0.05) is 6.08 Å². The lowest BCUT2D eigenvalue weighted by molar-refractivity contribution is -0.870. The lowest BCUT2D eigenvalue weighted by Gasteiger charge is -2.23. The van der Waals surface area contributed by atoms with Crippen molar-refractivity contribution in [3.8, 4) is 0 Å². The fourth-order valence-electron chi connectivity index (χ4n) is 1.19. The molecule has 0 saturated carbocycles. The Kier molecular flexibility index (Phi) is 5.38. The monoisotopic (exact) mass is 200 g/mol. The summed E-state index contributed by atoms with van der Waals surface area (Å²) >= 11 is 0. The van der Waals surface area contributed by atoms with Crippen LogP contribution in [0.5, 0.6) is 0 Å². The Hall–Kier alpha value is -0.340. The van der Waals surface area contributed by atoms with Gasteiger partial charge in [0.25, 0.3) is 0 Å². The van der Waals surface area contributed by atoms with Crippen LogP contribution >= 0.6 is 0 Å². The topological polar surface area (TPSA) is 0 Å². The molecule has 14 heavy (non-hydrogen) atoms. The van der Waals surface area contributed by atoms with E-state index in [2.05, 4.69) is 54.4 Å². The third kappa shape index (κ3) is 11.7. The second-order valence-corrected chi connectivity index (χ2v) is 6.10. The summed E-state index contributed by atoms with van der Waals surface area (Å²) < 4.78 is 2.09. The van der Waals surface area contributed by atoms with Crippen LogP contribution < -0.4 is 0 Å². The summed E-state index contributed by atoms with van der Waals surface area (Å²) in [5.74, 6) is 0. The van der Waals surface area contributed by atoms with Crippen molar-refractivity contribution in [3.05, 3.63) is 12.2 Å². The number of allylic oxidation sites excluding steroid dienone is 1. The molecule has 0 aliphatic rings. The van der Waals surface area contributed by atoms with E-state index in [1.54, 1.807) is 0 Å². The number of rotatable bonds is 6. The van der Waals surface area contributed by atoms with Crippen molar-refractivity contribution < 1.29 is 8.97 Å². The fourth-order valence-corrected chi connectivity index (χ4v) is 1.19. The summed E-state index contributed by atoms with van der Waals surface area (Å²) in [5.41, 5.74) is 0. The average Bonchev–Trinajstić information content (AvgIpc) is 1.92. The van der Waals surface area contributed by atoms with Crippen LogP contribution in [0.1, 0.15) is 12.8 Å². The lowest BCUT2D eigenvalue weighted by Crippen LogP contribution is -2.35. The molecule has 0 fully saturated rings. The molecule has 0 atom stereocenters. The Morgan fingerprint density at radius 2 is 1.36 bits per heavy atom. The quantitative estimate of drug-likeness (QED) is 0.348. The zero-order valence-electron chi connectivity index (χ0n) is 10.9. The van der Waals surface area contributed by atoms with E-state index in [0.717, 1.165) is 15.5 Å². The van der Waals surface area contributed by atoms with Gasteiger partial charge in [-0.25, -0.2) is 0 Å². The van der Waals surface area contributed by atoms with E-state index in [9.17, 15) is 0 Å². The first-order valence-electron chi connectivity index (χ1n) is 5.47. The number of hydrogen-bond donors (Lipinski definition) is 0. The first-order chi connectivity index (χ1) is 6.21. The maximum atomic E-state index is 2.32. The zero-order valence-corrected chi connectivity index (χ0v) is 10.9. The van der Waals surface area contributed by atoms with Crippen molar-refractivity contribution in [2.45, 2.75) is 12.8 Å². The van der Waals surface area contributed by atoms with Gasteiger partial charge in [0.15, 0.2) is 0 Å². The molecule has 0 unspecified atom stereocenters. The van der Waals surface area contributed by atoms with Crippen LogP contribution in [0.15, 0.2) is 12.2 Å². The van der Waals surface area contributed by atoms with Crippen molar-refractivity contribution >= 4 is 0 Å². The van der Waals surface area contributed by atoms with E-state index in [0.29, 0.717) is 0 Å². The standard InChI is InChI=1S/C12H28N2/c1-13(2,3)11-9-7-8-10-12-14(4,5)6/h7,9H,8,10-12H2,1-6H3/q+2/b9-7+. The van der Waals surface area contributed by atoms with E-state index in [4.69, 9.17) is 0 Å². The lowest BCUT2D eigenvalue weighted by atomic mass is 10.2. The minimum absolute atomic E-state index is 1.02. The molecule has 0 rings (SSSR count). The summed E-state index contributed by atoms with van der Waals surface area (Å²) in [6.45, 7) is 2.39. The Bertz CT molecular complexity index is 170. The molecule has 0 aromatic rings. The van der Waals surface area contributed by atoms with E-state index in [1.165, 1.54) is 19.4 Å². The second kappa shape index (κ2) is 5.52. The molecule has 0 heterocycles. The molecule has 0 aromatic heterocycles. The van der Waals surface area contributed by atoms with E-state index in [-0.39, 0.29) is 0 Å². The number of nitrogens with zero attached hydrogens (tertiary/aromatic N) is 2. The molecular formula is C12H28N2+2. The zero-order chi connectivity index (χ0) is 11.2. The minimum Gasteiger partial charge on any atom is -0.331 e. The van der Waals surface area contributed by atoms with Crippen LogP contribution in [0.25, 0.3) is 0 Å². The molecule has 84 valence electrons. The molecule has 0 amide bonds. The largest absolute Gasteiger partial charge is 0.331 e. The number of quaternary nitrogens is 2. The molecule has 0 N–H and O–H groups in total. The molecule has 0 aliphatic heterocycles. The summed E-state index contributed by atoms with van der Waals surface area (Å²) in [5, 5.41) is 0. The highest BCUT2D eigenvalue weighted by molar-refractivity contribution is 4.81. The van der Waals surface area contributed by atoms with Gasteiger partial charge in [0, 0.05) is 0 Å². The molecule has 0 spiro atoms. The van der Waals surface area contributed by atoms with Crippen molar-refractivity contribution in [3.63, 3.8) is 0 Å². The van der Waals surface area contributed by atoms with Crippen LogP contribution in [0, 0.1) is 0 Å². The summed E-state index contributed by atoms with van der Waals surface area (Å²) in [4.78, 5) is 0. The molecular weight excluding hydrogens is 172 g/mol. The first kappa shape index (κ1) is 13.7. The van der Waals surface area contributed by atoms with Crippen LogP contribution in [-0.2, 0) is 0 Å². The maximum absolute atomic E-state index is 2.32. The Balaban J connectivity index is 3.46. The molecule has 0 aliphatic carbocycles. The molecule has 0 aromatic carbocycles. The van der Waals surface area contributed by atoms with Crippen molar-refractivity contribution in [1.29, 1.82) is 0 Å². The first-order valence-corrected chi connectivity index (χ1v) is 5.47. The minimum atomic E-state index is 1.02. The number of likely N-dealkylation sites (N-methyl/N-ethyl adjacent to an activating group) is 1. The van der Waals surface area contributed by atoms with Gasteiger partial charge < -0.3 is 8.97 Å². The van der Waals surface area contributed by atoms with Gasteiger partial charge in [0.05, 0.1) is 55.4 Å². The summed E-state index contributed by atoms with van der Waals surface area (Å²) in [7, 11) is 13.4. The Labute approximate surface area is 90.0 Å².